The molecule has 0 aliphatic rings. The lowest BCUT2D eigenvalue weighted by Crippen LogP contribution is -2.39. The van der Waals surface area contributed by atoms with Gasteiger partial charge >= 0.3 is 0 Å². The molecule has 0 saturated heterocycles. The number of hydrogen-bond acceptors (Lipinski definition) is 6. The largest absolute Gasteiger partial charge is 0.370 e. The van der Waals surface area contributed by atoms with Crippen LogP contribution in [0.3, 0.4) is 0 Å². The average Bonchev–Trinajstić information content (AvgIpc) is 2.85. The van der Waals surface area contributed by atoms with Crippen LogP contribution in [0.2, 0.25) is 0 Å². The molecule has 1 atom stereocenters. The molecule has 0 aliphatic carbocycles. The van der Waals surface area contributed by atoms with Gasteiger partial charge in [-0.05, 0) is 19.1 Å². The Balaban J connectivity index is 2.21. The molecule has 110 valence electrons. The van der Waals surface area contributed by atoms with Crippen molar-refractivity contribution in [3.05, 3.63) is 30.1 Å². The van der Waals surface area contributed by atoms with Crippen LogP contribution in [0.4, 0.5) is 5.69 Å². The molecule has 8 heteroatoms. The minimum absolute atomic E-state index is 0.229. The van der Waals surface area contributed by atoms with Crippen molar-refractivity contribution in [3.8, 4) is 11.5 Å². The van der Waals surface area contributed by atoms with Gasteiger partial charge in [-0.1, -0.05) is 17.3 Å². The predicted molar refractivity (Wildman–Crippen MR) is 74.9 cm³/mol. The van der Waals surface area contributed by atoms with Crippen LogP contribution in [0.1, 0.15) is 12.2 Å². The lowest BCUT2D eigenvalue weighted by atomic mass is 10.1. The van der Waals surface area contributed by atoms with E-state index in [4.69, 9.17) is 16.0 Å². The van der Waals surface area contributed by atoms with Crippen LogP contribution < -0.4 is 16.8 Å². The number of hydrogen-bond donors (Lipinski definition) is 3. The van der Waals surface area contributed by atoms with Gasteiger partial charge in [0, 0.05) is 0 Å². The fraction of sp³-hybridized carbons (Fsp3) is 0.231. The van der Waals surface area contributed by atoms with Gasteiger partial charge in [-0.25, -0.2) is 0 Å². The number of nitrogens with one attached hydrogen (secondary N) is 1. The zero-order valence-electron chi connectivity index (χ0n) is 11.4. The second-order valence-electron chi connectivity index (χ2n) is 4.46. The van der Waals surface area contributed by atoms with Crippen LogP contribution in [0, 0.1) is 6.92 Å². The lowest BCUT2D eigenvalue weighted by molar-refractivity contribution is -0.123. The molecule has 1 heterocycles. The highest BCUT2D eigenvalue weighted by Gasteiger charge is 2.19. The molecule has 0 radical (unpaired) electrons. The summed E-state index contributed by atoms with van der Waals surface area (Å²) in [6.07, 6.45) is -0.229. The Hall–Kier alpha value is -2.74. The molecule has 21 heavy (non-hydrogen) atoms. The molecule has 1 unspecified atom stereocenters. The zero-order valence-corrected chi connectivity index (χ0v) is 11.4. The van der Waals surface area contributed by atoms with Crippen molar-refractivity contribution >= 4 is 17.5 Å². The number of rotatable bonds is 5. The van der Waals surface area contributed by atoms with E-state index < -0.39 is 17.9 Å². The van der Waals surface area contributed by atoms with Crippen LogP contribution in [0.5, 0.6) is 0 Å². The summed E-state index contributed by atoms with van der Waals surface area (Å²) in [5.74, 6) is -0.389. The monoisotopic (exact) mass is 289 g/mol. The van der Waals surface area contributed by atoms with Crippen molar-refractivity contribution < 1.29 is 14.1 Å². The van der Waals surface area contributed by atoms with E-state index in [-0.39, 0.29) is 12.3 Å². The highest BCUT2D eigenvalue weighted by molar-refractivity contribution is 5.99. The summed E-state index contributed by atoms with van der Waals surface area (Å²) < 4.78 is 5.08. The molecule has 2 aromatic rings. The lowest BCUT2D eigenvalue weighted by Gasteiger charge is -2.12. The Labute approximate surface area is 120 Å². The number of amides is 2. The van der Waals surface area contributed by atoms with Gasteiger partial charge < -0.3 is 21.3 Å². The molecule has 8 nitrogen and oxygen atoms in total. The number of primary amides is 1. The number of aryl methyl sites for hydroxylation is 1. The second kappa shape index (κ2) is 6.14. The van der Waals surface area contributed by atoms with Gasteiger partial charge in [0.1, 0.15) is 0 Å². The Morgan fingerprint density at radius 2 is 2.10 bits per heavy atom. The fourth-order valence-electron chi connectivity index (χ4n) is 1.72. The molecule has 0 spiro atoms. The van der Waals surface area contributed by atoms with E-state index in [1.807, 2.05) is 0 Å². The van der Waals surface area contributed by atoms with Crippen LogP contribution in [0.25, 0.3) is 11.5 Å². The van der Waals surface area contributed by atoms with Crippen LogP contribution in [0.15, 0.2) is 28.8 Å². The second-order valence-corrected chi connectivity index (χ2v) is 4.46. The van der Waals surface area contributed by atoms with Crippen molar-refractivity contribution in [2.24, 2.45) is 11.5 Å². The molecular formula is C13H15N5O3. The molecule has 1 aromatic heterocycles. The van der Waals surface area contributed by atoms with Gasteiger partial charge in [0.25, 0.3) is 5.89 Å². The summed E-state index contributed by atoms with van der Waals surface area (Å²) in [4.78, 5) is 26.8. The number of para-hydroxylation sites is 1. The van der Waals surface area contributed by atoms with E-state index in [0.717, 1.165) is 0 Å². The average molecular weight is 289 g/mol. The van der Waals surface area contributed by atoms with E-state index in [1.54, 1.807) is 31.2 Å². The van der Waals surface area contributed by atoms with Crippen molar-refractivity contribution in [2.45, 2.75) is 19.4 Å². The van der Waals surface area contributed by atoms with E-state index in [1.165, 1.54) is 0 Å². The Morgan fingerprint density at radius 3 is 2.71 bits per heavy atom. The third-order valence-corrected chi connectivity index (χ3v) is 2.70. The molecule has 1 aromatic carbocycles. The molecule has 0 saturated carbocycles. The number of aromatic nitrogens is 2. The van der Waals surface area contributed by atoms with Gasteiger partial charge in [0.15, 0.2) is 5.82 Å². The number of nitrogens with zero attached hydrogens (tertiary/aromatic N) is 2. The summed E-state index contributed by atoms with van der Waals surface area (Å²) >= 11 is 0. The highest BCUT2D eigenvalue weighted by atomic mass is 16.5. The van der Waals surface area contributed by atoms with Crippen molar-refractivity contribution in [1.29, 1.82) is 0 Å². The van der Waals surface area contributed by atoms with Crippen molar-refractivity contribution in [3.63, 3.8) is 0 Å². The molecule has 0 fully saturated rings. The van der Waals surface area contributed by atoms with Gasteiger partial charge in [0.05, 0.1) is 23.7 Å². The van der Waals surface area contributed by atoms with Gasteiger partial charge in [-0.2, -0.15) is 4.98 Å². The third kappa shape index (κ3) is 3.63. The molecule has 5 N–H and O–H groups in total. The third-order valence-electron chi connectivity index (χ3n) is 2.70. The smallest absolute Gasteiger partial charge is 0.260 e. The summed E-state index contributed by atoms with van der Waals surface area (Å²) in [5.41, 5.74) is 11.6. The first kappa shape index (κ1) is 14.7. The van der Waals surface area contributed by atoms with Crippen molar-refractivity contribution in [1.82, 2.24) is 10.1 Å². The summed E-state index contributed by atoms with van der Waals surface area (Å²) in [5, 5.41) is 6.33. The number of nitrogens with two attached hydrogens (primary N) is 2. The number of carbonyl (C=O) groups excluding carboxylic acids is 2. The van der Waals surface area contributed by atoms with E-state index >= 15 is 0 Å². The molecule has 2 amide bonds. The standard InChI is InChI=1S/C13H15N5O3/c1-7-16-13(21-18-7)8-4-2-3-5-10(8)17-12(20)9(14)6-11(15)19/h2-5,9H,6,14H2,1H3,(H2,15,19)(H,17,20). The number of anilines is 1. The molecular weight excluding hydrogens is 274 g/mol. The first-order valence-electron chi connectivity index (χ1n) is 6.22. The van der Waals surface area contributed by atoms with E-state index in [0.29, 0.717) is 17.1 Å². The number of carbonyl (C=O) groups is 2. The molecule has 0 bridgehead atoms. The summed E-state index contributed by atoms with van der Waals surface area (Å²) in [7, 11) is 0. The van der Waals surface area contributed by atoms with Crippen molar-refractivity contribution in [2.75, 3.05) is 5.32 Å². The summed E-state index contributed by atoms with van der Waals surface area (Å²) in [6, 6.07) is 5.89. The Morgan fingerprint density at radius 1 is 1.38 bits per heavy atom. The van der Waals surface area contributed by atoms with Crippen LogP contribution in [-0.4, -0.2) is 28.0 Å². The molecule has 0 aliphatic heterocycles. The normalized spacial score (nSPS) is 11.9. The Kier molecular flexibility index (Phi) is 4.29. The highest BCUT2D eigenvalue weighted by Crippen LogP contribution is 2.26. The fourth-order valence-corrected chi connectivity index (χ4v) is 1.72. The topological polar surface area (TPSA) is 137 Å². The molecule has 2 rings (SSSR count). The summed E-state index contributed by atoms with van der Waals surface area (Å²) in [6.45, 7) is 1.69. The van der Waals surface area contributed by atoms with Gasteiger partial charge in [-0.3, -0.25) is 9.59 Å². The maximum Gasteiger partial charge on any atom is 0.260 e. The van der Waals surface area contributed by atoms with Gasteiger partial charge in [-0.15, -0.1) is 0 Å². The quantitative estimate of drug-likeness (QED) is 0.718. The maximum absolute atomic E-state index is 11.9. The zero-order chi connectivity index (χ0) is 15.4. The SMILES string of the molecule is Cc1noc(-c2ccccc2NC(=O)C(N)CC(N)=O)n1. The van der Waals surface area contributed by atoms with E-state index in [2.05, 4.69) is 15.5 Å². The first-order chi connectivity index (χ1) is 9.97. The van der Waals surface area contributed by atoms with Gasteiger partial charge in [0.2, 0.25) is 11.8 Å². The van der Waals surface area contributed by atoms with Crippen LogP contribution in [-0.2, 0) is 9.59 Å². The van der Waals surface area contributed by atoms with Crippen LogP contribution >= 0.6 is 0 Å². The Bertz CT molecular complexity index is 667. The van der Waals surface area contributed by atoms with E-state index in [9.17, 15) is 9.59 Å². The number of benzene rings is 1. The first-order valence-corrected chi connectivity index (χ1v) is 6.22. The minimum Gasteiger partial charge on any atom is -0.370 e. The minimum atomic E-state index is -1.01. The maximum atomic E-state index is 11.9. The predicted octanol–water partition coefficient (Wildman–Crippen LogP) is 0.186.